The highest BCUT2D eigenvalue weighted by molar-refractivity contribution is 6.02. The van der Waals surface area contributed by atoms with Gasteiger partial charge in [-0.3, -0.25) is 19.1 Å². The number of aromatic nitrogens is 4. The van der Waals surface area contributed by atoms with Gasteiger partial charge in [0, 0.05) is 30.1 Å². The molecule has 0 aliphatic carbocycles. The summed E-state index contributed by atoms with van der Waals surface area (Å²) >= 11 is 0. The summed E-state index contributed by atoms with van der Waals surface area (Å²) in [6.45, 7) is 15.4. The lowest BCUT2D eigenvalue weighted by Crippen LogP contribution is -2.62. The average molecular weight is 671 g/mol. The standard InChI is InChI=1S/C36H36F2N6O5/c1-8-24(45)42-13-20-14-48-34-31(43(20)12-19(42)7)21-11-22(37)26(25-18(6)9-10-23-33(25)49-36(47)41-23)27(38)30(21)44(35(34)46)32-28(16(2)3)39-15-40-29(32)17(4)5/h8-11,15-17,19-20H,1,12-14H2,2-7H3,(H,41,47). The summed E-state index contributed by atoms with van der Waals surface area (Å²) in [5.74, 6) is -3.44. The lowest BCUT2D eigenvalue weighted by Gasteiger charge is -2.48. The first-order valence-electron chi connectivity index (χ1n) is 16.2. The molecule has 1 N–H and O–H groups in total. The number of halogens is 2. The summed E-state index contributed by atoms with van der Waals surface area (Å²) < 4.78 is 47.2. The van der Waals surface area contributed by atoms with Gasteiger partial charge in [-0.25, -0.2) is 23.5 Å². The normalized spacial score (nSPS) is 17.5. The molecule has 7 rings (SSSR count). The summed E-state index contributed by atoms with van der Waals surface area (Å²) in [4.78, 5) is 55.0. The quantitative estimate of drug-likeness (QED) is 0.236. The molecule has 0 saturated carbocycles. The molecule has 2 aromatic carbocycles. The SMILES string of the molecule is C=CC(=O)N1CC2COc3c(c4cc(F)c(-c5c(C)ccc6[nH]c(=O)oc56)c(F)c4n(-c4c(C(C)C)ncnc4C(C)C)c3=O)N2CC1C. The molecule has 2 unspecified atom stereocenters. The molecule has 254 valence electrons. The molecule has 5 aromatic rings. The van der Waals surface area contributed by atoms with Gasteiger partial charge in [0.2, 0.25) is 11.7 Å². The smallest absolute Gasteiger partial charge is 0.417 e. The number of nitrogens with zero attached hydrogens (tertiary/aromatic N) is 5. The zero-order valence-corrected chi connectivity index (χ0v) is 28.1. The number of fused-ring (bicyclic) bond motifs is 6. The van der Waals surface area contributed by atoms with Crippen molar-refractivity contribution < 1.29 is 22.7 Å². The number of hydrogen-bond acceptors (Lipinski definition) is 8. The Balaban J connectivity index is 1.64. The summed E-state index contributed by atoms with van der Waals surface area (Å²) in [5.41, 5.74) is 0.983. The highest BCUT2D eigenvalue weighted by Gasteiger charge is 2.41. The first kappa shape index (κ1) is 32.2. The van der Waals surface area contributed by atoms with E-state index in [4.69, 9.17) is 9.15 Å². The van der Waals surface area contributed by atoms with Gasteiger partial charge in [0.15, 0.2) is 11.4 Å². The molecule has 0 bridgehead atoms. The number of anilines is 1. The Bertz CT molecular complexity index is 2300. The van der Waals surface area contributed by atoms with E-state index in [0.29, 0.717) is 22.6 Å². The minimum absolute atomic E-state index is 0.0111. The van der Waals surface area contributed by atoms with E-state index in [1.165, 1.54) is 23.0 Å². The van der Waals surface area contributed by atoms with Crippen LogP contribution in [0.2, 0.25) is 0 Å². The van der Waals surface area contributed by atoms with Crippen LogP contribution in [0.3, 0.4) is 0 Å². The Morgan fingerprint density at radius 3 is 2.41 bits per heavy atom. The number of benzene rings is 2. The predicted octanol–water partition coefficient (Wildman–Crippen LogP) is 5.70. The molecule has 0 spiro atoms. The van der Waals surface area contributed by atoms with E-state index in [2.05, 4.69) is 21.5 Å². The van der Waals surface area contributed by atoms with Crippen LogP contribution in [0, 0.1) is 18.6 Å². The van der Waals surface area contributed by atoms with E-state index in [1.807, 2.05) is 39.5 Å². The van der Waals surface area contributed by atoms with Gasteiger partial charge in [-0.2, -0.15) is 0 Å². The number of hydrogen-bond donors (Lipinski definition) is 1. The molecule has 1 amide bonds. The summed E-state index contributed by atoms with van der Waals surface area (Å²) in [7, 11) is 0. The maximum absolute atomic E-state index is 17.7. The molecule has 13 heteroatoms. The third kappa shape index (κ3) is 4.85. The van der Waals surface area contributed by atoms with Gasteiger partial charge in [0.1, 0.15) is 18.8 Å². The summed E-state index contributed by atoms with van der Waals surface area (Å²) in [5, 5.41) is 0.0994. The molecule has 1 saturated heterocycles. The van der Waals surface area contributed by atoms with Gasteiger partial charge in [-0.1, -0.05) is 40.3 Å². The molecular weight excluding hydrogens is 634 g/mol. The van der Waals surface area contributed by atoms with Gasteiger partial charge < -0.3 is 19.0 Å². The van der Waals surface area contributed by atoms with Gasteiger partial charge in [0.25, 0.3) is 5.56 Å². The zero-order chi connectivity index (χ0) is 35.0. The third-order valence-electron chi connectivity index (χ3n) is 9.53. The van der Waals surface area contributed by atoms with E-state index in [1.54, 1.807) is 24.0 Å². The Morgan fingerprint density at radius 2 is 1.76 bits per heavy atom. The Kier molecular flexibility index (Phi) is 7.68. The number of carbonyl (C=O) groups is 1. The number of pyridine rings is 1. The molecule has 0 radical (unpaired) electrons. The fraction of sp³-hybridized carbons (Fsp3) is 0.361. The molecule has 2 aliphatic rings. The lowest BCUT2D eigenvalue weighted by molar-refractivity contribution is -0.129. The van der Waals surface area contributed by atoms with Gasteiger partial charge in [-0.15, -0.1) is 0 Å². The number of aryl methyl sites for hydroxylation is 1. The van der Waals surface area contributed by atoms with Crippen LogP contribution in [0.5, 0.6) is 5.75 Å². The van der Waals surface area contributed by atoms with Crippen LogP contribution in [0.15, 0.2) is 51.2 Å². The lowest BCUT2D eigenvalue weighted by atomic mass is 9.94. The second-order valence-corrected chi connectivity index (χ2v) is 13.4. The Hall–Kier alpha value is -5.33. The summed E-state index contributed by atoms with van der Waals surface area (Å²) in [6.07, 6.45) is 2.67. The van der Waals surface area contributed by atoms with Crippen molar-refractivity contribution in [2.45, 2.75) is 65.5 Å². The predicted molar refractivity (Wildman–Crippen MR) is 182 cm³/mol. The van der Waals surface area contributed by atoms with Crippen LogP contribution in [0.4, 0.5) is 14.5 Å². The topological polar surface area (TPSA) is 127 Å². The molecule has 49 heavy (non-hydrogen) atoms. The maximum Gasteiger partial charge on any atom is 0.417 e. The van der Waals surface area contributed by atoms with Crippen LogP contribution < -0.4 is 21.0 Å². The largest absolute Gasteiger partial charge is 0.484 e. The average Bonchev–Trinajstić information content (AvgIpc) is 3.45. The van der Waals surface area contributed by atoms with Crippen molar-refractivity contribution in [2.75, 3.05) is 24.6 Å². The number of rotatable bonds is 5. The maximum atomic E-state index is 17.7. The molecular formula is C36H36F2N6O5. The fourth-order valence-corrected chi connectivity index (χ4v) is 7.26. The molecule has 1 fully saturated rings. The number of nitrogens with one attached hydrogen (secondary N) is 1. The number of amides is 1. The fourth-order valence-electron chi connectivity index (χ4n) is 7.26. The van der Waals surface area contributed by atoms with E-state index in [0.717, 1.165) is 0 Å². The van der Waals surface area contributed by atoms with Crippen LogP contribution in [-0.2, 0) is 4.79 Å². The van der Waals surface area contributed by atoms with E-state index in [-0.39, 0.29) is 82.5 Å². The van der Waals surface area contributed by atoms with Crippen molar-refractivity contribution in [3.05, 3.63) is 86.7 Å². The van der Waals surface area contributed by atoms with Gasteiger partial charge in [0.05, 0.1) is 45.4 Å². The number of ether oxygens (including phenoxy) is 1. The molecule has 2 atom stereocenters. The van der Waals surface area contributed by atoms with E-state index in [9.17, 15) is 14.4 Å². The van der Waals surface area contributed by atoms with Crippen LogP contribution in [0.1, 0.15) is 63.4 Å². The number of oxazole rings is 1. The Labute approximate surface area is 279 Å². The van der Waals surface area contributed by atoms with Crippen molar-refractivity contribution >= 4 is 33.6 Å². The number of H-pyrrole nitrogens is 1. The first-order chi connectivity index (χ1) is 23.3. The highest BCUT2D eigenvalue weighted by Crippen LogP contribution is 2.46. The van der Waals surface area contributed by atoms with Crippen molar-refractivity contribution in [1.29, 1.82) is 0 Å². The Morgan fingerprint density at radius 1 is 1.06 bits per heavy atom. The highest BCUT2D eigenvalue weighted by atomic mass is 19.1. The number of aromatic amines is 1. The zero-order valence-electron chi connectivity index (χ0n) is 28.1. The second-order valence-electron chi connectivity index (χ2n) is 13.4. The first-order valence-corrected chi connectivity index (χ1v) is 16.2. The second kappa shape index (κ2) is 11.7. The third-order valence-corrected chi connectivity index (χ3v) is 9.53. The minimum Gasteiger partial charge on any atom is -0.484 e. The van der Waals surface area contributed by atoms with Gasteiger partial charge in [-0.05, 0) is 49.5 Å². The van der Waals surface area contributed by atoms with E-state index >= 15 is 8.78 Å². The number of piperazine rings is 1. The van der Waals surface area contributed by atoms with Crippen molar-refractivity contribution in [3.63, 3.8) is 0 Å². The minimum atomic E-state index is -1.03. The number of carbonyl (C=O) groups excluding carboxylic acids is 1. The van der Waals surface area contributed by atoms with E-state index < -0.39 is 34.6 Å². The van der Waals surface area contributed by atoms with Crippen LogP contribution in [-0.4, -0.2) is 62.1 Å². The van der Waals surface area contributed by atoms with Crippen LogP contribution in [0.25, 0.3) is 38.8 Å². The molecule has 2 aliphatic heterocycles. The monoisotopic (exact) mass is 670 g/mol. The van der Waals surface area contributed by atoms with Gasteiger partial charge >= 0.3 is 5.76 Å². The summed E-state index contributed by atoms with van der Waals surface area (Å²) in [6, 6.07) is 3.73. The van der Waals surface area contributed by atoms with Crippen LogP contribution >= 0.6 is 0 Å². The molecule has 5 heterocycles. The van der Waals surface area contributed by atoms with Crippen molar-refractivity contribution in [3.8, 4) is 22.6 Å². The van der Waals surface area contributed by atoms with Crippen molar-refractivity contribution in [2.24, 2.45) is 0 Å². The van der Waals surface area contributed by atoms with Crippen molar-refractivity contribution in [1.82, 2.24) is 24.4 Å². The molecule has 11 nitrogen and oxygen atoms in total. The molecule has 3 aromatic heterocycles.